The molecule has 1 aliphatic heterocycles. The zero-order valence-corrected chi connectivity index (χ0v) is 25.8. The Morgan fingerprint density at radius 2 is 1.93 bits per heavy atom. The summed E-state index contributed by atoms with van der Waals surface area (Å²) in [7, 11) is -3.44. The van der Waals surface area contributed by atoms with E-state index in [-0.39, 0.29) is 24.0 Å². The number of nitrogens with zero attached hydrogens (tertiary/aromatic N) is 4. The van der Waals surface area contributed by atoms with E-state index in [1.165, 1.54) is 12.1 Å². The van der Waals surface area contributed by atoms with E-state index in [2.05, 4.69) is 24.9 Å². The van der Waals surface area contributed by atoms with Crippen LogP contribution >= 0.6 is 11.6 Å². The van der Waals surface area contributed by atoms with Crippen LogP contribution in [0.15, 0.2) is 48.7 Å². The number of carbonyl (C=O) groups excluding carboxylic acids is 1. The Labute approximate surface area is 255 Å². The van der Waals surface area contributed by atoms with Crippen molar-refractivity contribution in [3.05, 3.63) is 70.8 Å². The average Bonchev–Trinajstić information content (AvgIpc) is 3.57. The van der Waals surface area contributed by atoms with Crippen molar-refractivity contribution in [1.29, 1.82) is 0 Å². The van der Waals surface area contributed by atoms with Crippen LogP contribution in [0.25, 0.3) is 22.2 Å². The molecule has 10 nitrogen and oxygen atoms in total. The molecule has 1 saturated heterocycles. The predicted octanol–water partition coefficient (Wildman–Crippen LogP) is 4.86. The maximum absolute atomic E-state index is 14.2. The number of halogens is 2. The highest BCUT2D eigenvalue weighted by atomic mass is 35.5. The zero-order chi connectivity index (χ0) is 30.6. The Hall–Kier alpha value is -3.32. The molecule has 2 aromatic heterocycles. The second-order valence-electron chi connectivity index (χ2n) is 11.4. The summed E-state index contributed by atoms with van der Waals surface area (Å²) in [5.41, 5.74) is 2.47. The molecule has 0 radical (unpaired) electrons. The van der Waals surface area contributed by atoms with E-state index in [1.807, 2.05) is 13.8 Å². The summed E-state index contributed by atoms with van der Waals surface area (Å²) in [5.74, 6) is -0.479. The molecule has 4 aromatic rings. The molecule has 5 rings (SSSR count). The first kappa shape index (κ1) is 31.1. The number of nitrogens with one attached hydrogen (secondary N) is 2. The van der Waals surface area contributed by atoms with Gasteiger partial charge in [0.05, 0.1) is 18.6 Å². The first-order valence-corrected chi connectivity index (χ1v) is 16.4. The van der Waals surface area contributed by atoms with Crippen molar-refractivity contribution in [1.82, 2.24) is 29.6 Å². The van der Waals surface area contributed by atoms with Crippen molar-refractivity contribution in [3.8, 4) is 11.3 Å². The number of rotatable bonds is 12. The number of hydrogen-bond acceptors (Lipinski definition) is 7. The molecule has 0 unspecified atom stereocenters. The van der Waals surface area contributed by atoms with Gasteiger partial charge in [0.1, 0.15) is 17.2 Å². The van der Waals surface area contributed by atoms with E-state index in [0.717, 1.165) is 25.9 Å². The van der Waals surface area contributed by atoms with Crippen molar-refractivity contribution in [2.75, 3.05) is 32.8 Å². The van der Waals surface area contributed by atoms with E-state index in [1.54, 1.807) is 41.2 Å². The number of H-pyrrole nitrogens is 1. The lowest BCUT2D eigenvalue weighted by Crippen LogP contribution is -2.40. The fraction of sp³-hybridized carbons (Fsp3) is 0.433. The lowest BCUT2D eigenvalue weighted by Gasteiger charge is -2.31. The van der Waals surface area contributed by atoms with E-state index >= 15 is 0 Å². The van der Waals surface area contributed by atoms with Gasteiger partial charge in [-0.2, -0.15) is 0 Å². The largest absolute Gasteiger partial charge is 0.461 e. The third-order valence-corrected chi connectivity index (χ3v) is 9.09. The van der Waals surface area contributed by atoms with Gasteiger partial charge in [-0.1, -0.05) is 42.8 Å². The second-order valence-corrected chi connectivity index (χ2v) is 13.7. The van der Waals surface area contributed by atoms with E-state index in [4.69, 9.17) is 16.3 Å². The number of benzene rings is 2. The lowest BCUT2D eigenvalue weighted by atomic mass is 9.97. The molecule has 1 fully saturated rings. The number of esters is 1. The summed E-state index contributed by atoms with van der Waals surface area (Å²) in [4.78, 5) is 18.3. The van der Waals surface area contributed by atoms with Crippen molar-refractivity contribution in [3.63, 3.8) is 0 Å². The Morgan fingerprint density at radius 3 is 2.65 bits per heavy atom. The van der Waals surface area contributed by atoms with Gasteiger partial charge in [0.15, 0.2) is 0 Å². The van der Waals surface area contributed by atoms with Crippen molar-refractivity contribution >= 4 is 38.5 Å². The molecule has 43 heavy (non-hydrogen) atoms. The standard InChI is InChI=1S/C30H36ClFN6O4S/c1-20(2)18-42-30(39)29-28(25-15-24(32)7-8-26(25)34-29)27-17-38(36-35-27)16-21-9-12-37(13-10-21)14-11-33-43(40,41)19-22-3-5-23(31)6-4-22/h3-8,15,17,20-21,33-34H,9-14,16,18-19H2,1-2H3. The quantitative estimate of drug-likeness (QED) is 0.214. The SMILES string of the molecule is CC(C)COC(=O)c1[nH]c2ccc(F)cc2c1-c1cn(CC2CCN(CCNS(=O)(=O)Cc3ccc(Cl)cc3)CC2)nn1. The van der Waals surface area contributed by atoms with Gasteiger partial charge in [0.25, 0.3) is 0 Å². The minimum absolute atomic E-state index is 0.0831. The Morgan fingerprint density at radius 1 is 1.19 bits per heavy atom. The van der Waals surface area contributed by atoms with Gasteiger partial charge >= 0.3 is 5.97 Å². The normalized spacial score (nSPS) is 15.0. The Balaban J connectivity index is 1.16. The highest BCUT2D eigenvalue weighted by Gasteiger charge is 2.25. The number of fused-ring (bicyclic) bond motifs is 1. The van der Waals surface area contributed by atoms with Gasteiger partial charge in [-0.05, 0) is 73.7 Å². The molecule has 0 aliphatic carbocycles. The van der Waals surface area contributed by atoms with Crippen LogP contribution in [0.4, 0.5) is 4.39 Å². The Kier molecular flexibility index (Phi) is 9.80. The van der Waals surface area contributed by atoms with E-state index in [0.29, 0.717) is 58.3 Å². The van der Waals surface area contributed by atoms with E-state index in [9.17, 15) is 17.6 Å². The maximum Gasteiger partial charge on any atom is 0.355 e. The number of hydrogen-bond donors (Lipinski definition) is 2. The molecule has 0 bridgehead atoms. The van der Waals surface area contributed by atoms with Crippen LogP contribution in [0.5, 0.6) is 0 Å². The monoisotopic (exact) mass is 630 g/mol. The highest BCUT2D eigenvalue weighted by Crippen LogP contribution is 2.32. The molecular formula is C30H36ClFN6O4S. The minimum atomic E-state index is -3.44. The number of aromatic amines is 1. The average molecular weight is 631 g/mol. The van der Waals surface area contributed by atoms with E-state index < -0.39 is 21.8 Å². The fourth-order valence-corrected chi connectivity index (χ4v) is 6.53. The molecule has 1 aliphatic rings. The summed E-state index contributed by atoms with van der Waals surface area (Å²) in [6, 6.07) is 11.1. The third-order valence-electron chi connectivity index (χ3n) is 7.48. The summed E-state index contributed by atoms with van der Waals surface area (Å²) >= 11 is 5.88. The molecule has 3 heterocycles. The molecule has 0 saturated carbocycles. The lowest BCUT2D eigenvalue weighted by molar-refractivity contribution is 0.0454. The summed E-state index contributed by atoms with van der Waals surface area (Å²) in [6.45, 7) is 7.50. The molecule has 2 N–H and O–H groups in total. The smallest absolute Gasteiger partial charge is 0.355 e. The molecule has 13 heteroatoms. The van der Waals surface area contributed by atoms with Crippen LogP contribution in [0.1, 0.15) is 42.7 Å². The van der Waals surface area contributed by atoms with Crippen molar-refractivity contribution < 1.29 is 22.3 Å². The summed E-state index contributed by atoms with van der Waals surface area (Å²) in [5, 5.41) is 9.76. The maximum atomic E-state index is 14.2. The molecule has 0 atom stereocenters. The molecule has 0 spiro atoms. The molecule has 230 valence electrons. The third kappa shape index (κ3) is 8.20. The molecule has 2 aromatic carbocycles. The van der Waals surface area contributed by atoms with Gasteiger partial charge in [0, 0.05) is 41.1 Å². The molecular weight excluding hydrogens is 595 g/mol. The highest BCUT2D eigenvalue weighted by molar-refractivity contribution is 7.88. The topological polar surface area (TPSA) is 122 Å². The number of ether oxygens (including phenoxy) is 1. The summed E-state index contributed by atoms with van der Waals surface area (Å²) in [6.07, 6.45) is 3.64. The molecule has 0 amide bonds. The van der Waals surface area contributed by atoms with Gasteiger partial charge in [-0.15, -0.1) is 5.10 Å². The van der Waals surface area contributed by atoms with Crippen molar-refractivity contribution in [2.24, 2.45) is 11.8 Å². The fourth-order valence-electron chi connectivity index (χ4n) is 5.27. The minimum Gasteiger partial charge on any atom is -0.461 e. The van der Waals surface area contributed by atoms with Crippen LogP contribution < -0.4 is 4.72 Å². The van der Waals surface area contributed by atoms with Gasteiger partial charge in [0.2, 0.25) is 10.0 Å². The van der Waals surface area contributed by atoms with Gasteiger partial charge in [-0.25, -0.2) is 22.3 Å². The van der Waals surface area contributed by atoms with Crippen LogP contribution in [0, 0.1) is 17.7 Å². The number of sulfonamides is 1. The number of carbonyl (C=O) groups is 1. The van der Waals surface area contributed by atoms with Gasteiger partial charge in [-0.3, -0.25) is 4.68 Å². The Bertz CT molecular complexity index is 1660. The first-order valence-electron chi connectivity index (χ1n) is 14.4. The summed E-state index contributed by atoms with van der Waals surface area (Å²) < 4.78 is 49.0. The van der Waals surface area contributed by atoms with Crippen LogP contribution in [-0.4, -0.2) is 72.1 Å². The second kappa shape index (κ2) is 13.5. The number of piperidine rings is 1. The van der Waals surface area contributed by atoms with Crippen LogP contribution in [0.3, 0.4) is 0 Å². The number of aromatic nitrogens is 4. The number of likely N-dealkylation sites (tertiary alicyclic amines) is 1. The van der Waals surface area contributed by atoms with Crippen molar-refractivity contribution in [2.45, 2.75) is 39.0 Å². The predicted molar refractivity (Wildman–Crippen MR) is 164 cm³/mol. The van der Waals surface area contributed by atoms with Gasteiger partial charge < -0.3 is 14.6 Å². The van der Waals surface area contributed by atoms with Crippen LogP contribution in [0.2, 0.25) is 5.02 Å². The first-order chi connectivity index (χ1) is 20.6. The van der Waals surface area contributed by atoms with Crippen LogP contribution in [-0.2, 0) is 27.1 Å². The zero-order valence-electron chi connectivity index (χ0n) is 24.2.